The van der Waals surface area contributed by atoms with Gasteiger partial charge in [0.15, 0.2) is 0 Å². The van der Waals surface area contributed by atoms with Crippen LogP contribution in [0.1, 0.15) is 47.2 Å². The zero-order chi connectivity index (χ0) is 22.5. The second-order valence-corrected chi connectivity index (χ2v) is 8.20. The Morgan fingerprint density at radius 2 is 2.03 bits per heavy atom. The number of carboxylic acid groups (broad SMARTS) is 1. The first kappa shape index (κ1) is 22.3. The summed E-state index contributed by atoms with van der Waals surface area (Å²) in [5.41, 5.74) is 3.53. The number of aromatic carboxylic acids is 1. The van der Waals surface area contributed by atoms with Crippen LogP contribution >= 0.6 is 0 Å². The third kappa shape index (κ3) is 4.64. The van der Waals surface area contributed by atoms with Gasteiger partial charge in [-0.3, -0.25) is 4.90 Å². The molecule has 32 heavy (non-hydrogen) atoms. The van der Waals surface area contributed by atoms with E-state index in [1.807, 2.05) is 25.3 Å². The minimum absolute atomic E-state index is 0.215. The minimum Gasteiger partial charge on any atom is -0.496 e. The monoisotopic (exact) mass is 437 g/mol. The van der Waals surface area contributed by atoms with Gasteiger partial charge < -0.3 is 19.1 Å². The number of benzene rings is 1. The van der Waals surface area contributed by atoms with Crippen molar-refractivity contribution < 1.29 is 19.4 Å². The van der Waals surface area contributed by atoms with Gasteiger partial charge in [-0.15, -0.1) is 0 Å². The van der Waals surface area contributed by atoms with E-state index in [4.69, 9.17) is 9.47 Å². The number of aromatic nitrogens is 2. The standard InChI is InChI=1S/C25H31N3O4/c1-3-32-15-14-28-17-22(20-8-5-11-26-24(20)28)18-9-12-27(13-10-18)16-19-6-4-7-21(25(29)30)23(19)31-2/h4-8,11,17-18H,3,9-10,12-16H2,1-2H3,(H,29,30). The minimum atomic E-state index is -0.961. The maximum atomic E-state index is 11.5. The Morgan fingerprint density at radius 1 is 1.22 bits per heavy atom. The molecular weight excluding hydrogens is 406 g/mol. The van der Waals surface area contributed by atoms with Gasteiger partial charge in [-0.1, -0.05) is 12.1 Å². The molecule has 170 valence electrons. The van der Waals surface area contributed by atoms with Crippen LogP contribution in [0.2, 0.25) is 0 Å². The highest BCUT2D eigenvalue weighted by Gasteiger charge is 2.25. The molecule has 0 radical (unpaired) electrons. The third-order valence-corrected chi connectivity index (χ3v) is 6.30. The fraction of sp³-hybridized carbons (Fsp3) is 0.440. The number of carboxylic acids is 1. The normalized spacial score (nSPS) is 15.3. The second-order valence-electron chi connectivity index (χ2n) is 8.20. The first-order valence-electron chi connectivity index (χ1n) is 11.2. The van der Waals surface area contributed by atoms with Crippen LogP contribution in [0, 0.1) is 0 Å². The van der Waals surface area contributed by atoms with Gasteiger partial charge in [0, 0.05) is 43.0 Å². The number of para-hydroxylation sites is 1. The third-order valence-electron chi connectivity index (χ3n) is 6.30. The number of hydrogen-bond donors (Lipinski definition) is 1. The Balaban J connectivity index is 1.46. The van der Waals surface area contributed by atoms with Crippen LogP contribution in [0.4, 0.5) is 0 Å². The zero-order valence-electron chi connectivity index (χ0n) is 18.8. The number of fused-ring (bicyclic) bond motifs is 1. The van der Waals surface area contributed by atoms with Gasteiger partial charge in [0.05, 0.1) is 13.7 Å². The van der Waals surface area contributed by atoms with Gasteiger partial charge >= 0.3 is 5.97 Å². The van der Waals surface area contributed by atoms with Crippen molar-refractivity contribution >= 4 is 17.0 Å². The van der Waals surface area contributed by atoms with Gasteiger partial charge in [0.1, 0.15) is 17.0 Å². The van der Waals surface area contributed by atoms with E-state index in [0.717, 1.165) is 50.3 Å². The van der Waals surface area contributed by atoms with Crippen molar-refractivity contribution in [1.82, 2.24) is 14.5 Å². The molecule has 1 N–H and O–H groups in total. The summed E-state index contributed by atoms with van der Waals surface area (Å²) in [5, 5.41) is 10.7. The SMILES string of the molecule is CCOCCn1cc(C2CCN(Cc3cccc(C(=O)O)c3OC)CC2)c2cccnc21. The van der Waals surface area contributed by atoms with E-state index >= 15 is 0 Å². The van der Waals surface area contributed by atoms with Gasteiger partial charge in [-0.2, -0.15) is 0 Å². The number of ether oxygens (including phenoxy) is 2. The van der Waals surface area contributed by atoms with E-state index < -0.39 is 5.97 Å². The number of methoxy groups -OCH3 is 1. The quantitative estimate of drug-likeness (QED) is 0.507. The number of likely N-dealkylation sites (tertiary alicyclic amines) is 1. The fourth-order valence-electron chi connectivity index (χ4n) is 4.71. The molecule has 3 heterocycles. The van der Waals surface area contributed by atoms with Crippen LogP contribution in [0.15, 0.2) is 42.7 Å². The number of pyridine rings is 1. The molecule has 0 aliphatic carbocycles. The lowest BCUT2D eigenvalue weighted by Gasteiger charge is -2.32. The van der Waals surface area contributed by atoms with E-state index in [2.05, 4.69) is 26.7 Å². The van der Waals surface area contributed by atoms with Crippen LogP contribution in [0.25, 0.3) is 11.0 Å². The highest BCUT2D eigenvalue weighted by Crippen LogP contribution is 2.35. The molecule has 3 aromatic rings. The fourth-order valence-corrected chi connectivity index (χ4v) is 4.71. The smallest absolute Gasteiger partial charge is 0.339 e. The molecule has 7 nitrogen and oxygen atoms in total. The van der Waals surface area contributed by atoms with Crippen LogP contribution in [-0.4, -0.2) is 58.9 Å². The van der Waals surface area contributed by atoms with Crippen molar-refractivity contribution in [2.75, 3.05) is 33.4 Å². The molecular formula is C25H31N3O4. The number of hydrogen-bond acceptors (Lipinski definition) is 5. The van der Waals surface area contributed by atoms with Crippen molar-refractivity contribution in [3.8, 4) is 5.75 Å². The van der Waals surface area contributed by atoms with E-state index in [1.165, 1.54) is 18.1 Å². The zero-order valence-corrected chi connectivity index (χ0v) is 18.8. The van der Waals surface area contributed by atoms with Gasteiger partial charge in [0.2, 0.25) is 0 Å². The highest BCUT2D eigenvalue weighted by atomic mass is 16.5. The van der Waals surface area contributed by atoms with Crippen molar-refractivity contribution in [1.29, 1.82) is 0 Å². The summed E-state index contributed by atoms with van der Waals surface area (Å²) in [6.45, 7) is 6.82. The molecule has 1 fully saturated rings. The molecule has 7 heteroatoms. The summed E-state index contributed by atoms with van der Waals surface area (Å²) in [4.78, 5) is 18.5. The Bertz CT molecular complexity index is 1070. The maximum Gasteiger partial charge on any atom is 0.339 e. The molecule has 0 atom stereocenters. The molecule has 1 aromatic carbocycles. The average molecular weight is 438 g/mol. The lowest BCUT2D eigenvalue weighted by molar-refractivity contribution is 0.0693. The largest absolute Gasteiger partial charge is 0.496 e. The Labute approximate surface area is 188 Å². The summed E-state index contributed by atoms with van der Waals surface area (Å²) in [5.74, 6) is -0.0131. The molecule has 4 rings (SSSR count). The summed E-state index contributed by atoms with van der Waals surface area (Å²) in [7, 11) is 1.53. The topological polar surface area (TPSA) is 76.8 Å². The Hall–Kier alpha value is -2.90. The van der Waals surface area contributed by atoms with E-state index in [1.54, 1.807) is 12.1 Å². The first-order chi connectivity index (χ1) is 15.6. The lowest BCUT2D eigenvalue weighted by Crippen LogP contribution is -2.32. The van der Waals surface area contributed by atoms with E-state index in [-0.39, 0.29) is 5.56 Å². The van der Waals surface area contributed by atoms with Crippen molar-refractivity contribution in [3.05, 3.63) is 59.4 Å². The van der Waals surface area contributed by atoms with Gasteiger partial charge in [0.25, 0.3) is 0 Å². The van der Waals surface area contributed by atoms with Gasteiger partial charge in [-0.05, 0) is 62.5 Å². The number of carbonyl (C=O) groups is 1. The Kier molecular flexibility index (Phi) is 7.07. The van der Waals surface area contributed by atoms with Crippen molar-refractivity contribution in [3.63, 3.8) is 0 Å². The molecule has 1 aliphatic rings. The molecule has 0 bridgehead atoms. The Morgan fingerprint density at radius 3 is 2.75 bits per heavy atom. The van der Waals surface area contributed by atoms with Crippen LogP contribution in [0.3, 0.4) is 0 Å². The first-order valence-corrected chi connectivity index (χ1v) is 11.2. The second kappa shape index (κ2) is 10.1. The molecule has 1 aliphatic heterocycles. The molecule has 0 saturated carbocycles. The summed E-state index contributed by atoms with van der Waals surface area (Å²) in [6, 6.07) is 9.51. The summed E-state index contributed by atoms with van der Waals surface area (Å²) >= 11 is 0. The molecule has 0 amide bonds. The van der Waals surface area contributed by atoms with Crippen LogP contribution in [-0.2, 0) is 17.8 Å². The summed E-state index contributed by atoms with van der Waals surface area (Å²) < 4.78 is 13.2. The number of rotatable bonds is 9. The molecule has 2 aromatic heterocycles. The average Bonchev–Trinajstić information content (AvgIpc) is 3.18. The van der Waals surface area contributed by atoms with Crippen molar-refractivity contribution in [2.24, 2.45) is 0 Å². The number of piperidine rings is 1. The molecule has 1 saturated heterocycles. The highest BCUT2D eigenvalue weighted by molar-refractivity contribution is 5.91. The number of nitrogens with zero attached hydrogens (tertiary/aromatic N) is 3. The molecule has 0 unspecified atom stereocenters. The van der Waals surface area contributed by atoms with Crippen LogP contribution < -0.4 is 4.74 Å². The summed E-state index contributed by atoms with van der Waals surface area (Å²) in [6.07, 6.45) is 6.22. The van der Waals surface area contributed by atoms with Gasteiger partial charge in [-0.25, -0.2) is 9.78 Å². The lowest BCUT2D eigenvalue weighted by atomic mass is 9.89. The van der Waals surface area contributed by atoms with E-state index in [9.17, 15) is 9.90 Å². The van der Waals surface area contributed by atoms with Crippen LogP contribution in [0.5, 0.6) is 5.75 Å². The van der Waals surface area contributed by atoms with E-state index in [0.29, 0.717) is 24.8 Å². The molecule has 0 spiro atoms. The maximum absolute atomic E-state index is 11.5. The van der Waals surface area contributed by atoms with Crippen molar-refractivity contribution in [2.45, 2.75) is 38.8 Å². The predicted octanol–water partition coefficient (Wildman–Crippen LogP) is 4.16. The predicted molar refractivity (Wildman–Crippen MR) is 123 cm³/mol.